The zero-order chi connectivity index (χ0) is 13.6. The number of fused-ring (bicyclic) bond motifs is 2. The van der Waals surface area contributed by atoms with Crippen LogP contribution in [-0.2, 0) is 0 Å². The summed E-state index contributed by atoms with van der Waals surface area (Å²) in [5.41, 5.74) is 1.65. The molecule has 0 radical (unpaired) electrons. The maximum atomic E-state index is 12.5. The van der Waals surface area contributed by atoms with Crippen molar-refractivity contribution < 1.29 is 14.7 Å². The zero-order valence-electron chi connectivity index (χ0n) is 10.2. The van der Waals surface area contributed by atoms with Gasteiger partial charge < -0.3 is 10.4 Å². The van der Waals surface area contributed by atoms with Crippen molar-refractivity contribution in [3.63, 3.8) is 0 Å². The molecular weight excluding hydrogens is 242 g/mol. The fraction of sp³-hybridized carbons (Fsp3) is 0.0667. The van der Waals surface area contributed by atoms with Crippen LogP contribution in [0.15, 0.2) is 36.4 Å². The highest BCUT2D eigenvalue weighted by molar-refractivity contribution is 6.30. The van der Waals surface area contributed by atoms with Gasteiger partial charge in [-0.15, -0.1) is 0 Å². The van der Waals surface area contributed by atoms with E-state index in [2.05, 4.69) is 5.32 Å². The Hall–Kier alpha value is -2.62. The summed E-state index contributed by atoms with van der Waals surface area (Å²) in [5.74, 6) is -0.721. The molecule has 19 heavy (non-hydrogen) atoms. The van der Waals surface area contributed by atoms with Gasteiger partial charge in [0.25, 0.3) is 0 Å². The van der Waals surface area contributed by atoms with E-state index in [1.54, 1.807) is 37.4 Å². The Kier molecular flexibility index (Phi) is 2.38. The summed E-state index contributed by atoms with van der Waals surface area (Å²) in [4.78, 5) is 24.9. The highest BCUT2D eigenvalue weighted by Gasteiger charge is 2.33. The Labute approximate surface area is 109 Å². The molecular formula is C15H11NO3. The van der Waals surface area contributed by atoms with Crippen LogP contribution in [0.4, 0.5) is 5.69 Å². The molecule has 4 nitrogen and oxygen atoms in total. The van der Waals surface area contributed by atoms with Gasteiger partial charge in [-0.05, 0) is 12.1 Å². The first kappa shape index (κ1) is 11.5. The van der Waals surface area contributed by atoms with E-state index in [9.17, 15) is 14.7 Å². The Morgan fingerprint density at radius 1 is 0.895 bits per heavy atom. The molecule has 0 unspecified atom stereocenters. The van der Waals surface area contributed by atoms with E-state index in [0.717, 1.165) is 0 Å². The summed E-state index contributed by atoms with van der Waals surface area (Å²) in [6.45, 7) is 0. The summed E-state index contributed by atoms with van der Waals surface area (Å²) < 4.78 is 0. The second kappa shape index (κ2) is 3.95. The number of nitrogens with one attached hydrogen (secondary N) is 1. The van der Waals surface area contributed by atoms with E-state index in [1.807, 2.05) is 0 Å². The van der Waals surface area contributed by atoms with Gasteiger partial charge in [-0.3, -0.25) is 9.59 Å². The van der Waals surface area contributed by atoms with Gasteiger partial charge in [0, 0.05) is 23.9 Å². The fourth-order valence-corrected chi connectivity index (χ4v) is 2.43. The van der Waals surface area contributed by atoms with E-state index < -0.39 is 0 Å². The van der Waals surface area contributed by atoms with Crippen LogP contribution < -0.4 is 5.32 Å². The molecule has 0 saturated carbocycles. The molecule has 0 bridgehead atoms. The number of rotatable bonds is 1. The maximum absolute atomic E-state index is 12.5. The normalized spacial score (nSPS) is 12.9. The monoisotopic (exact) mass is 253 g/mol. The number of phenols is 1. The van der Waals surface area contributed by atoms with Crippen molar-refractivity contribution in [1.82, 2.24) is 0 Å². The van der Waals surface area contributed by atoms with Crippen molar-refractivity contribution in [1.29, 1.82) is 0 Å². The van der Waals surface area contributed by atoms with Crippen molar-refractivity contribution in [3.8, 4) is 5.75 Å². The Morgan fingerprint density at radius 3 is 2.16 bits per heavy atom. The average molecular weight is 253 g/mol. The molecule has 2 N–H and O–H groups in total. The van der Waals surface area contributed by atoms with Gasteiger partial charge in [0.15, 0.2) is 11.6 Å². The lowest BCUT2D eigenvalue weighted by atomic mass is 9.83. The summed E-state index contributed by atoms with van der Waals surface area (Å²) in [6, 6.07) is 9.60. The van der Waals surface area contributed by atoms with Crippen LogP contribution in [0, 0.1) is 0 Å². The highest BCUT2D eigenvalue weighted by Crippen LogP contribution is 2.35. The average Bonchev–Trinajstić information content (AvgIpc) is 2.43. The molecule has 0 aromatic heterocycles. The van der Waals surface area contributed by atoms with Crippen molar-refractivity contribution in [2.75, 3.05) is 12.4 Å². The van der Waals surface area contributed by atoms with Crippen LogP contribution in [0.1, 0.15) is 31.8 Å². The summed E-state index contributed by atoms with van der Waals surface area (Å²) in [5, 5.41) is 12.7. The molecule has 0 fully saturated rings. The fourth-order valence-electron chi connectivity index (χ4n) is 2.43. The van der Waals surface area contributed by atoms with Gasteiger partial charge in [-0.2, -0.15) is 0 Å². The standard InChI is InChI=1S/C15H11NO3/c1-16-10-6-2-4-8-12(10)14(18)9-5-3-7-11(17)13(9)15(8)19/h2-7,16-17H,1H3. The van der Waals surface area contributed by atoms with Crippen molar-refractivity contribution >= 4 is 17.3 Å². The van der Waals surface area contributed by atoms with Crippen LogP contribution in [-0.4, -0.2) is 23.7 Å². The van der Waals surface area contributed by atoms with Crippen molar-refractivity contribution in [3.05, 3.63) is 58.7 Å². The minimum Gasteiger partial charge on any atom is -0.507 e. The van der Waals surface area contributed by atoms with Crippen LogP contribution >= 0.6 is 0 Å². The molecule has 1 aliphatic rings. The third-order valence-corrected chi connectivity index (χ3v) is 3.32. The van der Waals surface area contributed by atoms with E-state index in [0.29, 0.717) is 16.8 Å². The van der Waals surface area contributed by atoms with Gasteiger partial charge in [0.2, 0.25) is 0 Å². The quantitative estimate of drug-likeness (QED) is 0.697. The summed E-state index contributed by atoms with van der Waals surface area (Å²) >= 11 is 0. The van der Waals surface area contributed by atoms with Crippen LogP contribution in [0.3, 0.4) is 0 Å². The lowest BCUT2D eigenvalue weighted by molar-refractivity contribution is 0.0977. The van der Waals surface area contributed by atoms with Crippen LogP contribution in [0.5, 0.6) is 5.75 Å². The third kappa shape index (κ3) is 1.46. The van der Waals surface area contributed by atoms with Crippen LogP contribution in [0.25, 0.3) is 0 Å². The van der Waals surface area contributed by atoms with Gasteiger partial charge in [-0.1, -0.05) is 24.3 Å². The molecule has 3 rings (SSSR count). The SMILES string of the molecule is CNc1cccc2c1C(=O)c1cccc(O)c1C2=O. The molecule has 0 amide bonds. The lowest BCUT2D eigenvalue weighted by Crippen LogP contribution is -2.22. The first-order chi connectivity index (χ1) is 9.15. The third-order valence-electron chi connectivity index (χ3n) is 3.32. The molecule has 0 heterocycles. The number of anilines is 1. The van der Waals surface area contributed by atoms with Gasteiger partial charge in [0.05, 0.1) is 11.1 Å². The topological polar surface area (TPSA) is 66.4 Å². The first-order valence-corrected chi connectivity index (χ1v) is 5.87. The largest absolute Gasteiger partial charge is 0.507 e. The van der Waals surface area contributed by atoms with Gasteiger partial charge in [-0.25, -0.2) is 0 Å². The van der Waals surface area contributed by atoms with Crippen molar-refractivity contribution in [2.24, 2.45) is 0 Å². The minimum atomic E-state index is -0.320. The van der Waals surface area contributed by atoms with Crippen molar-refractivity contribution in [2.45, 2.75) is 0 Å². The first-order valence-electron chi connectivity index (χ1n) is 5.87. The molecule has 94 valence electrons. The second-order valence-corrected chi connectivity index (χ2v) is 4.34. The predicted octanol–water partition coefficient (Wildman–Crippen LogP) is 2.21. The number of phenolic OH excluding ortho intramolecular Hbond substituents is 1. The molecule has 4 heteroatoms. The van der Waals surface area contributed by atoms with Gasteiger partial charge >= 0.3 is 0 Å². The number of hydrogen-bond donors (Lipinski definition) is 2. The molecule has 0 saturated heterocycles. The molecule has 0 aliphatic heterocycles. The van der Waals surface area contributed by atoms with E-state index >= 15 is 0 Å². The Balaban J connectivity index is 2.36. The number of benzene rings is 2. The number of aromatic hydroxyl groups is 1. The minimum absolute atomic E-state index is 0.0910. The van der Waals surface area contributed by atoms with Gasteiger partial charge in [0.1, 0.15) is 5.75 Å². The smallest absolute Gasteiger partial charge is 0.198 e. The number of carbonyl (C=O) groups excluding carboxylic acids is 2. The second-order valence-electron chi connectivity index (χ2n) is 4.34. The molecule has 1 aliphatic carbocycles. The van der Waals surface area contributed by atoms with E-state index in [4.69, 9.17) is 0 Å². The van der Waals surface area contributed by atoms with E-state index in [-0.39, 0.29) is 28.4 Å². The molecule has 0 spiro atoms. The molecule has 2 aromatic rings. The lowest BCUT2D eigenvalue weighted by Gasteiger charge is -2.20. The number of hydrogen-bond acceptors (Lipinski definition) is 4. The maximum Gasteiger partial charge on any atom is 0.198 e. The Bertz CT molecular complexity index is 719. The highest BCUT2D eigenvalue weighted by atomic mass is 16.3. The molecule has 0 atom stereocenters. The number of carbonyl (C=O) groups is 2. The zero-order valence-corrected chi connectivity index (χ0v) is 10.2. The molecule has 2 aromatic carbocycles. The Morgan fingerprint density at radius 2 is 1.47 bits per heavy atom. The predicted molar refractivity (Wildman–Crippen MR) is 71.0 cm³/mol. The number of ketones is 2. The van der Waals surface area contributed by atoms with E-state index in [1.165, 1.54) is 6.07 Å². The van der Waals surface area contributed by atoms with Crippen LogP contribution in [0.2, 0.25) is 0 Å². The summed E-state index contributed by atoms with van der Waals surface area (Å²) in [6.07, 6.45) is 0. The summed E-state index contributed by atoms with van der Waals surface area (Å²) in [7, 11) is 1.70.